The summed E-state index contributed by atoms with van der Waals surface area (Å²) in [4.78, 5) is 10.8. The van der Waals surface area contributed by atoms with E-state index in [0.29, 0.717) is 0 Å². The second-order valence-electron chi connectivity index (χ2n) is 4.66. The summed E-state index contributed by atoms with van der Waals surface area (Å²) >= 11 is 0. The number of aliphatic carboxylic acids is 1. The van der Waals surface area contributed by atoms with Crippen LogP contribution in [0.1, 0.15) is 23.6 Å². The molecule has 0 aliphatic heterocycles. The first-order valence-corrected chi connectivity index (χ1v) is 6.21. The van der Waals surface area contributed by atoms with Crippen LogP contribution in [0, 0.1) is 6.92 Å². The second-order valence-corrected chi connectivity index (χ2v) is 4.66. The van der Waals surface area contributed by atoms with Crippen molar-refractivity contribution in [3.8, 4) is 11.1 Å². The van der Waals surface area contributed by atoms with Crippen LogP contribution in [-0.2, 0) is 4.79 Å². The van der Waals surface area contributed by atoms with Gasteiger partial charge in [0.2, 0.25) is 0 Å². The van der Waals surface area contributed by atoms with Crippen LogP contribution in [0.15, 0.2) is 48.5 Å². The van der Waals surface area contributed by atoms with E-state index in [4.69, 9.17) is 10.8 Å². The fraction of sp³-hybridized carbons (Fsp3) is 0.188. The highest BCUT2D eigenvalue weighted by Crippen LogP contribution is 2.29. The van der Waals surface area contributed by atoms with E-state index in [0.717, 1.165) is 16.7 Å². The molecule has 3 nitrogen and oxygen atoms in total. The zero-order chi connectivity index (χ0) is 13.8. The van der Waals surface area contributed by atoms with E-state index in [1.54, 1.807) is 0 Å². The van der Waals surface area contributed by atoms with Gasteiger partial charge in [-0.15, -0.1) is 0 Å². The first kappa shape index (κ1) is 13.3. The third kappa shape index (κ3) is 3.20. The van der Waals surface area contributed by atoms with Gasteiger partial charge in [0.1, 0.15) is 0 Å². The molecule has 3 heteroatoms. The Labute approximate surface area is 112 Å². The summed E-state index contributed by atoms with van der Waals surface area (Å²) in [7, 11) is 0. The van der Waals surface area contributed by atoms with Crippen molar-refractivity contribution < 1.29 is 9.90 Å². The molecule has 19 heavy (non-hydrogen) atoms. The Hall–Kier alpha value is -2.13. The average molecular weight is 255 g/mol. The highest BCUT2D eigenvalue weighted by Gasteiger charge is 2.14. The predicted octanol–water partition coefficient (Wildman–Crippen LogP) is 3.14. The van der Waals surface area contributed by atoms with Gasteiger partial charge in [-0.05, 0) is 23.6 Å². The topological polar surface area (TPSA) is 63.3 Å². The lowest BCUT2D eigenvalue weighted by atomic mass is 9.93. The molecule has 0 heterocycles. The Morgan fingerprint density at radius 3 is 2.63 bits per heavy atom. The number of hydrogen-bond donors (Lipinski definition) is 2. The molecule has 0 spiro atoms. The summed E-state index contributed by atoms with van der Waals surface area (Å²) in [6, 6.07) is 15.3. The van der Waals surface area contributed by atoms with Gasteiger partial charge in [-0.1, -0.05) is 54.1 Å². The van der Waals surface area contributed by atoms with E-state index >= 15 is 0 Å². The first-order chi connectivity index (χ1) is 9.08. The van der Waals surface area contributed by atoms with Crippen molar-refractivity contribution in [2.45, 2.75) is 19.4 Å². The molecule has 1 atom stereocenters. The smallest absolute Gasteiger partial charge is 0.305 e. The van der Waals surface area contributed by atoms with Crippen LogP contribution in [0.5, 0.6) is 0 Å². The molecule has 0 aromatic heterocycles. The largest absolute Gasteiger partial charge is 0.481 e. The van der Waals surface area contributed by atoms with Crippen molar-refractivity contribution in [2.24, 2.45) is 5.73 Å². The number of carboxylic acids is 1. The molecule has 0 amide bonds. The number of carbonyl (C=O) groups is 1. The molecule has 2 aromatic rings. The molecule has 0 saturated heterocycles. The number of carboxylic acid groups (broad SMARTS) is 1. The summed E-state index contributed by atoms with van der Waals surface area (Å²) in [5.41, 5.74) is 10.1. The lowest BCUT2D eigenvalue weighted by Gasteiger charge is -2.15. The van der Waals surface area contributed by atoms with Crippen molar-refractivity contribution in [1.82, 2.24) is 0 Å². The summed E-state index contributed by atoms with van der Waals surface area (Å²) < 4.78 is 0. The molecule has 3 N–H and O–H groups in total. The maximum absolute atomic E-state index is 10.8. The molecule has 98 valence electrons. The Morgan fingerprint density at radius 1 is 1.21 bits per heavy atom. The average Bonchev–Trinajstić information content (AvgIpc) is 2.38. The fourth-order valence-corrected chi connectivity index (χ4v) is 2.19. The molecule has 0 aliphatic carbocycles. The molecular weight excluding hydrogens is 238 g/mol. The molecule has 0 aliphatic rings. The zero-order valence-corrected chi connectivity index (χ0v) is 10.8. The van der Waals surface area contributed by atoms with Crippen molar-refractivity contribution >= 4 is 5.97 Å². The first-order valence-electron chi connectivity index (χ1n) is 6.21. The summed E-state index contributed by atoms with van der Waals surface area (Å²) in [6.45, 7) is 2.03. The molecular formula is C16H17NO2. The maximum Gasteiger partial charge on any atom is 0.305 e. The van der Waals surface area contributed by atoms with Crippen molar-refractivity contribution in [3.63, 3.8) is 0 Å². The third-order valence-corrected chi connectivity index (χ3v) is 3.08. The minimum atomic E-state index is -0.883. The minimum absolute atomic E-state index is 0.0666. The van der Waals surface area contributed by atoms with E-state index in [1.165, 1.54) is 5.56 Å². The number of benzene rings is 2. The standard InChI is InChI=1S/C16H17NO2/c1-11-5-4-6-12(9-11)13-7-2-3-8-14(13)15(17)10-16(18)19/h2-9,15H,10,17H2,1H3,(H,18,19). The Kier molecular flexibility index (Phi) is 3.97. The van der Waals surface area contributed by atoms with Gasteiger partial charge in [0.25, 0.3) is 0 Å². The second kappa shape index (κ2) is 5.67. The van der Waals surface area contributed by atoms with E-state index in [-0.39, 0.29) is 6.42 Å². The molecule has 0 saturated carbocycles. The van der Waals surface area contributed by atoms with Crippen LogP contribution < -0.4 is 5.73 Å². The van der Waals surface area contributed by atoms with Crippen LogP contribution in [0.2, 0.25) is 0 Å². The Morgan fingerprint density at radius 2 is 1.95 bits per heavy atom. The molecule has 2 rings (SSSR count). The van der Waals surface area contributed by atoms with Crippen LogP contribution in [-0.4, -0.2) is 11.1 Å². The van der Waals surface area contributed by atoms with E-state index in [1.807, 2.05) is 49.4 Å². The lowest BCUT2D eigenvalue weighted by molar-refractivity contribution is -0.137. The van der Waals surface area contributed by atoms with Crippen molar-refractivity contribution in [1.29, 1.82) is 0 Å². The van der Waals surface area contributed by atoms with Crippen molar-refractivity contribution in [3.05, 3.63) is 59.7 Å². The number of hydrogen-bond acceptors (Lipinski definition) is 2. The van der Waals surface area contributed by atoms with Crippen LogP contribution >= 0.6 is 0 Å². The van der Waals surface area contributed by atoms with Crippen LogP contribution in [0.25, 0.3) is 11.1 Å². The van der Waals surface area contributed by atoms with Gasteiger partial charge in [-0.2, -0.15) is 0 Å². The monoisotopic (exact) mass is 255 g/mol. The Balaban J connectivity index is 2.44. The third-order valence-electron chi connectivity index (χ3n) is 3.08. The van der Waals surface area contributed by atoms with E-state index < -0.39 is 12.0 Å². The van der Waals surface area contributed by atoms with Gasteiger partial charge in [0.05, 0.1) is 6.42 Å². The van der Waals surface area contributed by atoms with Crippen LogP contribution in [0.4, 0.5) is 0 Å². The number of aryl methyl sites for hydroxylation is 1. The molecule has 2 aromatic carbocycles. The highest BCUT2D eigenvalue weighted by molar-refractivity contribution is 5.72. The summed E-state index contributed by atoms with van der Waals surface area (Å²) in [6.07, 6.45) is -0.0666. The van der Waals surface area contributed by atoms with Crippen LogP contribution in [0.3, 0.4) is 0 Å². The highest BCUT2D eigenvalue weighted by atomic mass is 16.4. The van der Waals surface area contributed by atoms with Gasteiger partial charge < -0.3 is 10.8 Å². The lowest BCUT2D eigenvalue weighted by Crippen LogP contribution is -2.15. The maximum atomic E-state index is 10.8. The normalized spacial score (nSPS) is 12.1. The number of nitrogens with two attached hydrogens (primary N) is 1. The fourth-order valence-electron chi connectivity index (χ4n) is 2.19. The molecule has 0 bridgehead atoms. The van der Waals surface area contributed by atoms with E-state index in [2.05, 4.69) is 6.07 Å². The molecule has 0 fully saturated rings. The molecule has 1 unspecified atom stereocenters. The predicted molar refractivity (Wildman–Crippen MR) is 75.8 cm³/mol. The van der Waals surface area contributed by atoms with Gasteiger partial charge in [-0.25, -0.2) is 0 Å². The molecule has 0 radical (unpaired) electrons. The SMILES string of the molecule is Cc1cccc(-c2ccccc2C(N)CC(=O)O)c1. The summed E-state index contributed by atoms with van der Waals surface area (Å²) in [5, 5.41) is 8.87. The summed E-state index contributed by atoms with van der Waals surface area (Å²) in [5.74, 6) is -0.883. The van der Waals surface area contributed by atoms with Gasteiger partial charge in [-0.3, -0.25) is 4.79 Å². The van der Waals surface area contributed by atoms with E-state index in [9.17, 15) is 4.79 Å². The Bertz CT molecular complexity index is 593. The zero-order valence-electron chi connectivity index (χ0n) is 10.8. The van der Waals surface area contributed by atoms with Gasteiger partial charge in [0, 0.05) is 6.04 Å². The quantitative estimate of drug-likeness (QED) is 0.882. The minimum Gasteiger partial charge on any atom is -0.481 e. The van der Waals surface area contributed by atoms with Gasteiger partial charge in [0.15, 0.2) is 0 Å². The number of rotatable bonds is 4. The van der Waals surface area contributed by atoms with Gasteiger partial charge >= 0.3 is 5.97 Å². The van der Waals surface area contributed by atoms with Crippen molar-refractivity contribution in [2.75, 3.05) is 0 Å².